The molecule has 0 radical (unpaired) electrons. The highest BCUT2D eigenvalue weighted by Gasteiger charge is 2.23. The molecule has 0 saturated heterocycles. The van der Waals surface area contributed by atoms with Crippen molar-refractivity contribution >= 4 is 39.1 Å². The van der Waals surface area contributed by atoms with Gasteiger partial charge in [0, 0.05) is 38.3 Å². The Kier molecular flexibility index (Phi) is 7.40. The maximum Gasteiger partial charge on any atom is 0.255 e. The van der Waals surface area contributed by atoms with Gasteiger partial charge in [0.15, 0.2) is 0 Å². The maximum absolute atomic E-state index is 12.7. The van der Waals surface area contributed by atoms with Crippen molar-refractivity contribution in [1.82, 2.24) is 9.21 Å². The molecule has 2 aromatic carbocycles. The van der Waals surface area contributed by atoms with E-state index in [1.54, 1.807) is 34.0 Å². The third-order valence-corrected chi connectivity index (χ3v) is 6.68. The van der Waals surface area contributed by atoms with E-state index in [9.17, 15) is 18.0 Å². The Morgan fingerprint density at radius 1 is 1.00 bits per heavy atom. The van der Waals surface area contributed by atoms with Crippen LogP contribution in [0.25, 0.3) is 0 Å². The fourth-order valence-corrected chi connectivity index (χ4v) is 4.39. The normalized spacial score (nSPS) is 11.4. The zero-order chi connectivity index (χ0) is 21.8. The van der Waals surface area contributed by atoms with Gasteiger partial charge in [-0.25, -0.2) is 8.42 Å². The number of carbonyl (C=O) groups excluding carboxylic acids is 2. The Hall–Kier alpha value is -2.42. The van der Waals surface area contributed by atoms with Crippen molar-refractivity contribution in [1.29, 1.82) is 0 Å². The lowest BCUT2D eigenvalue weighted by molar-refractivity contribution is 0.0827. The number of hydrogen-bond acceptors (Lipinski definition) is 4. The summed E-state index contributed by atoms with van der Waals surface area (Å²) in [6, 6.07) is 10.4. The molecular weight excluding hydrogens is 414 g/mol. The van der Waals surface area contributed by atoms with E-state index in [1.165, 1.54) is 45.6 Å². The van der Waals surface area contributed by atoms with Crippen LogP contribution < -0.4 is 5.32 Å². The van der Waals surface area contributed by atoms with Gasteiger partial charge in [-0.15, -0.1) is 0 Å². The molecule has 2 rings (SSSR count). The molecule has 29 heavy (non-hydrogen) atoms. The number of anilines is 1. The van der Waals surface area contributed by atoms with E-state index >= 15 is 0 Å². The molecule has 0 aromatic heterocycles. The molecule has 0 heterocycles. The van der Waals surface area contributed by atoms with Gasteiger partial charge in [0.25, 0.3) is 11.8 Å². The molecule has 2 amide bonds. The largest absolute Gasteiger partial charge is 0.345 e. The first-order chi connectivity index (χ1) is 13.6. The number of carbonyl (C=O) groups is 2. The fourth-order valence-electron chi connectivity index (χ4n) is 2.72. The van der Waals surface area contributed by atoms with E-state index in [2.05, 4.69) is 5.32 Å². The molecule has 156 valence electrons. The molecule has 1 N–H and O–H groups in total. The Labute approximate surface area is 176 Å². The van der Waals surface area contributed by atoms with E-state index in [1.807, 2.05) is 0 Å². The lowest BCUT2D eigenvalue weighted by Crippen LogP contribution is -2.30. The third kappa shape index (κ3) is 5.14. The van der Waals surface area contributed by atoms with Crippen LogP contribution in [0.1, 0.15) is 34.6 Å². The monoisotopic (exact) mass is 437 g/mol. The van der Waals surface area contributed by atoms with Crippen molar-refractivity contribution < 1.29 is 18.0 Å². The van der Waals surface area contributed by atoms with Crippen molar-refractivity contribution in [3.05, 3.63) is 58.6 Å². The topological polar surface area (TPSA) is 86.8 Å². The molecule has 0 fully saturated rings. The Morgan fingerprint density at radius 3 is 2.24 bits per heavy atom. The summed E-state index contributed by atoms with van der Waals surface area (Å²) in [5.74, 6) is -0.762. The molecule has 0 aliphatic carbocycles. The van der Waals surface area contributed by atoms with E-state index in [-0.39, 0.29) is 27.1 Å². The zero-order valence-electron chi connectivity index (χ0n) is 16.8. The standard InChI is InChI=1S/C20H24ClN3O4S/c1-5-24(6-2)29(27,28)16-9-7-8-14(12-16)19(25)22-18-13-15(10-11-17(18)21)20(26)23(3)4/h7-13H,5-6H2,1-4H3,(H,22,25). The SMILES string of the molecule is CCN(CC)S(=O)(=O)c1cccc(C(=O)Nc2cc(C(=O)N(C)C)ccc2Cl)c1. The van der Waals surface area contributed by atoms with Crippen LogP contribution in [0, 0.1) is 0 Å². The van der Waals surface area contributed by atoms with Crippen molar-refractivity contribution in [3.63, 3.8) is 0 Å². The van der Waals surface area contributed by atoms with Crippen LogP contribution in [-0.2, 0) is 10.0 Å². The quantitative estimate of drug-likeness (QED) is 0.719. The van der Waals surface area contributed by atoms with Gasteiger partial charge in [-0.05, 0) is 36.4 Å². The summed E-state index contributed by atoms with van der Waals surface area (Å²) >= 11 is 6.15. The molecule has 0 atom stereocenters. The number of nitrogens with one attached hydrogen (secondary N) is 1. The van der Waals surface area contributed by atoms with Crippen molar-refractivity contribution in [2.45, 2.75) is 18.7 Å². The molecule has 0 unspecified atom stereocenters. The van der Waals surface area contributed by atoms with Crippen LogP contribution in [0.15, 0.2) is 47.4 Å². The number of nitrogens with zero attached hydrogens (tertiary/aromatic N) is 2. The van der Waals surface area contributed by atoms with Crippen molar-refractivity contribution in [3.8, 4) is 0 Å². The van der Waals surface area contributed by atoms with E-state index < -0.39 is 15.9 Å². The first kappa shape index (κ1) is 22.9. The molecule has 0 aliphatic heterocycles. The van der Waals surface area contributed by atoms with Gasteiger partial charge >= 0.3 is 0 Å². The predicted molar refractivity (Wildman–Crippen MR) is 114 cm³/mol. The van der Waals surface area contributed by atoms with E-state index in [0.29, 0.717) is 18.7 Å². The minimum Gasteiger partial charge on any atom is -0.345 e. The molecule has 0 bridgehead atoms. The van der Waals surface area contributed by atoms with Crippen molar-refractivity contribution in [2.75, 3.05) is 32.5 Å². The summed E-state index contributed by atoms with van der Waals surface area (Å²) < 4.78 is 26.7. The highest BCUT2D eigenvalue weighted by molar-refractivity contribution is 7.89. The highest BCUT2D eigenvalue weighted by Crippen LogP contribution is 2.25. The number of benzene rings is 2. The van der Waals surface area contributed by atoms with Gasteiger partial charge in [-0.3, -0.25) is 9.59 Å². The zero-order valence-corrected chi connectivity index (χ0v) is 18.3. The summed E-state index contributed by atoms with van der Waals surface area (Å²) in [5.41, 5.74) is 0.799. The number of sulfonamides is 1. The van der Waals surface area contributed by atoms with Gasteiger partial charge in [-0.1, -0.05) is 31.5 Å². The van der Waals surface area contributed by atoms with Crippen LogP contribution in [0.5, 0.6) is 0 Å². The third-order valence-electron chi connectivity index (χ3n) is 4.31. The number of halogens is 1. The second kappa shape index (κ2) is 9.39. The second-order valence-electron chi connectivity index (χ2n) is 6.47. The van der Waals surface area contributed by atoms with Gasteiger partial charge < -0.3 is 10.2 Å². The predicted octanol–water partition coefficient (Wildman–Crippen LogP) is 3.32. The summed E-state index contributed by atoms with van der Waals surface area (Å²) in [6.07, 6.45) is 0. The van der Waals surface area contributed by atoms with E-state index in [0.717, 1.165) is 0 Å². The average molecular weight is 438 g/mol. The Balaban J connectivity index is 2.33. The number of rotatable bonds is 7. The maximum atomic E-state index is 12.7. The van der Waals surface area contributed by atoms with Gasteiger partial charge in [0.05, 0.1) is 15.6 Å². The molecule has 0 aliphatic rings. The number of amides is 2. The van der Waals surface area contributed by atoms with Crippen LogP contribution in [0.3, 0.4) is 0 Å². The number of hydrogen-bond donors (Lipinski definition) is 1. The van der Waals surface area contributed by atoms with Crippen LogP contribution in [-0.4, -0.2) is 56.6 Å². The summed E-state index contributed by atoms with van der Waals surface area (Å²) in [6.45, 7) is 4.17. The first-order valence-electron chi connectivity index (χ1n) is 9.04. The smallest absolute Gasteiger partial charge is 0.255 e. The van der Waals surface area contributed by atoms with Gasteiger partial charge in [0.2, 0.25) is 10.0 Å². The minimum absolute atomic E-state index is 0.0384. The van der Waals surface area contributed by atoms with Crippen molar-refractivity contribution in [2.24, 2.45) is 0 Å². The average Bonchev–Trinajstić information content (AvgIpc) is 2.69. The minimum atomic E-state index is -3.69. The molecule has 2 aromatic rings. The summed E-state index contributed by atoms with van der Waals surface area (Å²) in [7, 11) is -0.445. The summed E-state index contributed by atoms with van der Waals surface area (Å²) in [4.78, 5) is 26.3. The van der Waals surface area contributed by atoms with Crippen LogP contribution in [0.2, 0.25) is 5.02 Å². The summed E-state index contributed by atoms with van der Waals surface area (Å²) in [5, 5.41) is 2.91. The molecule has 7 nitrogen and oxygen atoms in total. The Bertz CT molecular complexity index is 1020. The van der Waals surface area contributed by atoms with Gasteiger partial charge in [0.1, 0.15) is 0 Å². The fraction of sp³-hybridized carbons (Fsp3) is 0.300. The molecule has 9 heteroatoms. The van der Waals surface area contributed by atoms with Crippen LogP contribution in [0.4, 0.5) is 5.69 Å². The van der Waals surface area contributed by atoms with Gasteiger partial charge in [-0.2, -0.15) is 4.31 Å². The van der Waals surface area contributed by atoms with E-state index in [4.69, 9.17) is 11.6 Å². The molecule has 0 spiro atoms. The van der Waals surface area contributed by atoms with Crippen LogP contribution >= 0.6 is 11.6 Å². The lowest BCUT2D eigenvalue weighted by atomic mass is 10.1. The second-order valence-corrected chi connectivity index (χ2v) is 8.81. The lowest BCUT2D eigenvalue weighted by Gasteiger charge is -2.18. The first-order valence-corrected chi connectivity index (χ1v) is 10.9. The highest BCUT2D eigenvalue weighted by atomic mass is 35.5. The molecular formula is C20H24ClN3O4S. The Morgan fingerprint density at radius 2 is 1.66 bits per heavy atom. The molecule has 0 saturated carbocycles.